The van der Waals surface area contributed by atoms with E-state index < -0.39 is 0 Å². The molecule has 0 aromatic heterocycles. The third-order valence-electron chi connectivity index (χ3n) is 6.61. The van der Waals surface area contributed by atoms with Gasteiger partial charge in [0.05, 0.1) is 0 Å². The Morgan fingerprint density at radius 2 is 1.56 bits per heavy atom. The van der Waals surface area contributed by atoms with Crippen LogP contribution in [0, 0.1) is 0 Å². The molecular weight excluding hydrogens is 392 g/mol. The van der Waals surface area contributed by atoms with E-state index >= 15 is 0 Å². The molecule has 1 heterocycles. The van der Waals surface area contributed by atoms with Gasteiger partial charge in [-0.15, -0.1) is 0 Å². The molecule has 3 aromatic rings. The summed E-state index contributed by atoms with van der Waals surface area (Å²) in [6.07, 6.45) is 3.87. The summed E-state index contributed by atoms with van der Waals surface area (Å²) in [6, 6.07) is 23.1. The molecule has 3 heteroatoms. The van der Waals surface area contributed by atoms with Crippen LogP contribution in [0.1, 0.15) is 61.5 Å². The monoisotopic (exact) mass is 428 g/mol. The maximum atomic E-state index is 13.6. The van der Waals surface area contributed by atoms with Gasteiger partial charge >= 0.3 is 0 Å². The Hall–Kier alpha value is -2.65. The Morgan fingerprint density at radius 1 is 0.875 bits per heavy atom. The number of benzene rings is 3. The molecule has 1 fully saturated rings. The normalized spacial score (nSPS) is 15.1. The van der Waals surface area contributed by atoms with E-state index in [-0.39, 0.29) is 11.3 Å². The second-order valence-corrected chi connectivity index (χ2v) is 10.1. The maximum absolute atomic E-state index is 13.6. The molecule has 0 aliphatic carbocycles. The highest BCUT2D eigenvalue weighted by molar-refractivity contribution is 5.98. The summed E-state index contributed by atoms with van der Waals surface area (Å²) in [5, 5.41) is 2.28. The van der Waals surface area contributed by atoms with Gasteiger partial charge in [0.1, 0.15) is 0 Å². The van der Waals surface area contributed by atoms with Crippen molar-refractivity contribution in [2.75, 3.05) is 26.2 Å². The first-order valence-electron chi connectivity index (χ1n) is 12.0. The van der Waals surface area contributed by atoms with Gasteiger partial charge in [0, 0.05) is 25.2 Å². The van der Waals surface area contributed by atoms with Gasteiger partial charge in [0.2, 0.25) is 0 Å². The fourth-order valence-electron chi connectivity index (χ4n) is 4.53. The van der Waals surface area contributed by atoms with Crippen molar-refractivity contribution in [1.82, 2.24) is 9.80 Å². The molecule has 32 heavy (non-hydrogen) atoms. The Bertz CT molecular complexity index is 1040. The molecule has 0 N–H and O–H groups in total. The number of piperidine rings is 1. The molecule has 4 rings (SSSR count). The van der Waals surface area contributed by atoms with Crippen molar-refractivity contribution in [3.05, 3.63) is 83.4 Å². The fourth-order valence-corrected chi connectivity index (χ4v) is 4.53. The SMILES string of the molecule is CC(C)(C)c1ccc(CN(CCN2CCCCC2)C(=O)c2ccc3ccccc3c2)cc1. The Morgan fingerprint density at radius 3 is 2.25 bits per heavy atom. The molecule has 1 aliphatic rings. The molecule has 3 aromatic carbocycles. The lowest BCUT2D eigenvalue weighted by atomic mass is 9.87. The number of carbonyl (C=O) groups excluding carboxylic acids is 1. The first kappa shape index (κ1) is 22.5. The Balaban J connectivity index is 1.54. The Kier molecular flexibility index (Phi) is 6.95. The van der Waals surface area contributed by atoms with Crippen molar-refractivity contribution in [1.29, 1.82) is 0 Å². The molecule has 3 nitrogen and oxygen atoms in total. The molecule has 0 unspecified atom stereocenters. The van der Waals surface area contributed by atoms with E-state index in [4.69, 9.17) is 0 Å². The van der Waals surface area contributed by atoms with Crippen LogP contribution >= 0.6 is 0 Å². The quantitative estimate of drug-likeness (QED) is 0.462. The minimum atomic E-state index is 0.118. The minimum Gasteiger partial charge on any atom is -0.333 e. The molecular formula is C29H36N2O. The molecule has 168 valence electrons. The summed E-state index contributed by atoms with van der Waals surface area (Å²) in [4.78, 5) is 18.1. The lowest BCUT2D eigenvalue weighted by Gasteiger charge is -2.30. The van der Waals surface area contributed by atoms with Crippen LogP contribution in [-0.2, 0) is 12.0 Å². The van der Waals surface area contributed by atoms with Crippen LogP contribution in [-0.4, -0.2) is 41.9 Å². The average molecular weight is 429 g/mol. The number of fused-ring (bicyclic) bond motifs is 1. The van der Waals surface area contributed by atoms with Crippen LogP contribution in [0.5, 0.6) is 0 Å². The topological polar surface area (TPSA) is 23.6 Å². The van der Waals surface area contributed by atoms with Gasteiger partial charge in [0.15, 0.2) is 0 Å². The zero-order valence-electron chi connectivity index (χ0n) is 19.8. The fraction of sp³-hybridized carbons (Fsp3) is 0.414. The third-order valence-corrected chi connectivity index (χ3v) is 6.61. The third kappa shape index (κ3) is 5.58. The van der Waals surface area contributed by atoms with Crippen LogP contribution in [0.25, 0.3) is 10.8 Å². The lowest BCUT2D eigenvalue weighted by molar-refractivity contribution is 0.0715. The highest BCUT2D eigenvalue weighted by atomic mass is 16.2. The zero-order valence-corrected chi connectivity index (χ0v) is 19.8. The molecule has 0 spiro atoms. The molecule has 1 aliphatic heterocycles. The molecule has 0 atom stereocenters. The molecule has 0 bridgehead atoms. The van der Waals surface area contributed by atoms with Gasteiger partial charge in [0.25, 0.3) is 5.91 Å². The van der Waals surface area contributed by atoms with Crippen molar-refractivity contribution in [3.8, 4) is 0 Å². The van der Waals surface area contributed by atoms with Crippen LogP contribution in [0.4, 0.5) is 0 Å². The number of amides is 1. The predicted molar refractivity (Wildman–Crippen MR) is 134 cm³/mol. The predicted octanol–water partition coefficient (Wildman–Crippen LogP) is 6.27. The average Bonchev–Trinajstić information content (AvgIpc) is 2.81. The van der Waals surface area contributed by atoms with E-state index in [1.54, 1.807) is 0 Å². The van der Waals surface area contributed by atoms with Gasteiger partial charge in [-0.3, -0.25) is 4.79 Å². The molecule has 1 saturated heterocycles. The number of hydrogen-bond donors (Lipinski definition) is 0. The van der Waals surface area contributed by atoms with Gasteiger partial charge in [-0.2, -0.15) is 0 Å². The standard InChI is InChI=1S/C29H36N2O/c1-29(2,3)27-15-11-23(12-16-27)22-31(20-19-30-17-7-4-8-18-30)28(32)26-14-13-24-9-5-6-10-25(24)21-26/h5-6,9-16,21H,4,7-8,17-20,22H2,1-3H3. The van der Waals surface area contributed by atoms with E-state index in [9.17, 15) is 4.79 Å². The lowest BCUT2D eigenvalue weighted by Crippen LogP contribution is -2.40. The van der Waals surface area contributed by atoms with Crippen LogP contribution in [0.2, 0.25) is 0 Å². The van der Waals surface area contributed by atoms with E-state index in [0.717, 1.165) is 37.1 Å². The van der Waals surface area contributed by atoms with Gasteiger partial charge < -0.3 is 9.80 Å². The molecule has 0 radical (unpaired) electrons. The highest BCUT2D eigenvalue weighted by Crippen LogP contribution is 2.23. The van der Waals surface area contributed by atoms with Gasteiger partial charge in [-0.1, -0.05) is 81.8 Å². The second kappa shape index (κ2) is 9.87. The van der Waals surface area contributed by atoms with Crippen LogP contribution in [0.15, 0.2) is 66.7 Å². The summed E-state index contributed by atoms with van der Waals surface area (Å²) in [6.45, 7) is 11.3. The van der Waals surface area contributed by atoms with Crippen molar-refractivity contribution in [2.24, 2.45) is 0 Å². The second-order valence-electron chi connectivity index (χ2n) is 10.1. The van der Waals surface area contributed by atoms with Crippen molar-refractivity contribution < 1.29 is 4.79 Å². The summed E-state index contributed by atoms with van der Waals surface area (Å²) in [7, 11) is 0. The smallest absolute Gasteiger partial charge is 0.254 e. The minimum absolute atomic E-state index is 0.118. The van der Waals surface area contributed by atoms with Crippen molar-refractivity contribution in [2.45, 2.75) is 52.0 Å². The number of hydrogen-bond acceptors (Lipinski definition) is 2. The zero-order chi connectivity index (χ0) is 22.6. The van der Waals surface area contributed by atoms with Gasteiger partial charge in [-0.25, -0.2) is 0 Å². The number of nitrogens with zero attached hydrogens (tertiary/aromatic N) is 2. The maximum Gasteiger partial charge on any atom is 0.254 e. The number of likely N-dealkylation sites (tertiary alicyclic amines) is 1. The molecule has 1 amide bonds. The number of rotatable bonds is 6. The van der Waals surface area contributed by atoms with Crippen molar-refractivity contribution >= 4 is 16.7 Å². The first-order chi connectivity index (χ1) is 15.4. The van der Waals surface area contributed by atoms with E-state index in [1.165, 1.54) is 35.8 Å². The highest BCUT2D eigenvalue weighted by Gasteiger charge is 2.20. The Labute approximate surface area is 193 Å². The van der Waals surface area contributed by atoms with Crippen LogP contribution < -0.4 is 0 Å². The first-order valence-corrected chi connectivity index (χ1v) is 12.0. The summed E-state index contributed by atoms with van der Waals surface area (Å²) >= 11 is 0. The molecule has 0 saturated carbocycles. The van der Waals surface area contributed by atoms with E-state index in [1.807, 2.05) is 29.2 Å². The summed E-state index contributed by atoms with van der Waals surface area (Å²) < 4.78 is 0. The summed E-state index contributed by atoms with van der Waals surface area (Å²) in [5.41, 5.74) is 3.41. The number of carbonyl (C=O) groups is 1. The van der Waals surface area contributed by atoms with E-state index in [2.05, 4.69) is 68.1 Å². The largest absolute Gasteiger partial charge is 0.333 e. The summed E-state index contributed by atoms with van der Waals surface area (Å²) in [5.74, 6) is 0.118. The van der Waals surface area contributed by atoms with E-state index in [0.29, 0.717) is 6.54 Å². The van der Waals surface area contributed by atoms with Crippen LogP contribution in [0.3, 0.4) is 0 Å². The van der Waals surface area contributed by atoms with Crippen molar-refractivity contribution in [3.63, 3.8) is 0 Å². The van der Waals surface area contributed by atoms with Gasteiger partial charge in [-0.05, 0) is 65.4 Å².